The van der Waals surface area contributed by atoms with E-state index in [2.05, 4.69) is 9.62 Å². The summed E-state index contributed by atoms with van der Waals surface area (Å²) in [5, 5.41) is 1.09. The highest BCUT2D eigenvalue weighted by Crippen LogP contribution is 2.23. The first-order chi connectivity index (χ1) is 15.3. The molecule has 4 rings (SSSR count). The van der Waals surface area contributed by atoms with E-state index in [-0.39, 0.29) is 10.8 Å². The molecule has 0 spiro atoms. The van der Waals surface area contributed by atoms with Crippen LogP contribution in [0.1, 0.15) is 10.4 Å². The van der Waals surface area contributed by atoms with Crippen molar-refractivity contribution >= 4 is 50.5 Å². The first-order valence-electron chi connectivity index (χ1n) is 10.00. The molecule has 3 aromatic carbocycles. The van der Waals surface area contributed by atoms with Gasteiger partial charge in [0.25, 0.3) is 15.9 Å². The molecule has 1 fully saturated rings. The SMILES string of the molecule is O=C(c1cccc(S(=O)(=O)Nc2cccc(Cl)c2)c1)N1CCN(c2cccc(Cl)c2)CC1. The van der Waals surface area contributed by atoms with Gasteiger partial charge in [-0.05, 0) is 54.6 Å². The van der Waals surface area contributed by atoms with Gasteiger partial charge in [-0.1, -0.05) is 41.4 Å². The molecule has 1 heterocycles. The Kier molecular flexibility index (Phi) is 6.60. The van der Waals surface area contributed by atoms with E-state index in [9.17, 15) is 13.2 Å². The van der Waals surface area contributed by atoms with Gasteiger partial charge < -0.3 is 9.80 Å². The Morgan fingerprint density at radius 3 is 2.16 bits per heavy atom. The minimum absolute atomic E-state index is 0.0147. The van der Waals surface area contributed by atoms with Crippen LogP contribution in [-0.2, 0) is 10.0 Å². The number of hydrogen-bond acceptors (Lipinski definition) is 4. The number of piperazine rings is 1. The molecule has 1 aliphatic rings. The van der Waals surface area contributed by atoms with Crippen molar-refractivity contribution in [3.05, 3.63) is 88.4 Å². The monoisotopic (exact) mass is 489 g/mol. The maximum Gasteiger partial charge on any atom is 0.261 e. The van der Waals surface area contributed by atoms with Crippen molar-refractivity contribution in [1.82, 2.24) is 4.90 Å². The number of rotatable bonds is 5. The molecule has 32 heavy (non-hydrogen) atoms. The molecule has 0 atom stereocenters. The third kappa shape index (κ3) is 5.18. The number of carbonyl (C=O) groups is 1. The Labute approximate surface area is 197 Å². The predicted molar refractivity (Wildman–Crippen MR) is 128 cm³/mol. The lowest BCUT2D eigenvalue weighted by molar-refractivity contribution is 0.0746. The molecule has 6 nitrogen and oxygen atoms in total. The first-order valence-corrected chi connectivity index (χ1v) is 12.2. The van der Waals surface area contributed by atoms with Gasteiger partial charge in [0.1, 0.15) is 0 Å². The molecule has 0 saturated carbocycles. The normalized spacial score (nSPS) is 14.3. The third-order valence-electron chi connectivity index (χ3n) is 5.21. The van der Waals surface area contributed by atoms with E-state index < -0.39 is 10.0 Å². The Bertz CT molecular complexity index is 1240. The third-order valence-corrected chi connectivity index (χ3v) is 7.06. The molecule has 0 aromatic heterocycles. The molecule has 1 saturated heterocycles. The van der Waals surface area contributed by atoms with Crippen LogP contribution in [0.25, 0.3) is 0 Å². The summed E-state index contributed by atoms with van der Waals surface area (Å²) in [4.78, 5) is 17.0. The average molecular weight is 490 g/mol. The Morgan fingerprint density at radius 1 is 0.812 bits per heavy atom. The minimum Gasteiger partial charge on any atom is -0.368 e. The average Bonchev–Trinajstić information content (AvgIpc) is 2.78. The summed E-state index contributed by atoms with van der Waals surface area (Å²) in [6.45, 7) is 2.40. The molecule has 1 aliphatic heterocycles. The van der Waals surface area contributed by atoms with E-state index in [1.54, 1.807) is 35.2 Å². The molecule has 0 radical (unpaired) electrons. The van der Waals surface area contributed by atoms with E-state index in [0.29, 0.717) is 47.5 Å². The van der Waals surface area contributed by atoms with Crippen LogP contribution in [0.5, 0.6) is 0 Å². The fourth-order valence-corrected chi connectivity index (χ4v) is 5.06. The zero-order valence-electron chi connectivity index (χ0n) is 17.0. The largest absolute Gasteiger partial charge is 0.368 e. The number of halogens is 2. The van der Waals surface area contributed by atoms with Crippen LogP contribution in [0, 0.1) is 0 Å². The molecule has 3 aromatic rings. The number of nitrogens with one attached hydrogen (secondary N) is 1. The lowest BCUT2D eigenvalue weighted by Crippen LogP contribution is -2.48. The van der Waals surface area contributed by atoms with Crippen molar-refractivity contribution in [3.63, 3.8) is 0 Å². The Morgan fingerprint density at radius 2 is 1.47 bits per heavy atom. The molecular weight excluding hydrogens is 469 g/mol. The summed E-state index contributed by atoms with van der Waals surface area (Å²) in [6.07, 6.45) is 0. The molecule has 0 unspecified atom stereocenters. The van der Waals surface area contributed by atoms with Gasteiger partial charge in [0.15, 0.2) is 0 Å². The number of amides is 1. The molecule has 9 heteroatoms. The van der Waals surface area contributed by atoms with E-state index in [0.717, 1.165) is 5.69 Å². The summed E-state index contributed by atoms with van der Waals surface area (Å²) in [7, 11) is -3.87. The minimum atomic E-state index is -3.87. The molecule has 1 amide bonds. The van der Waals surface area contributed by atoms with Crippen LogP contribution in [0.3, 0.4) is 0 Å². The van der Waals surface area contributed by atoms with Gasteiger partial charge in [-0.25, -0.2) is 8.42 Å². The highest BCUT2D eigenvalue weighted by atomic mass is 35.5. The zero-order chi connectivity index (χ0) is 22.7. The number of nitrogens with zero attached hydrogens (tertiary/aromatic N) is 2. The topological polar surface area (TPSA) is 69.7 Å². The summed E-state index contributed by atoms with van der Waals surface area (Å²) >= 11 is 12.0. The fourth-order valence-electron chi connectivity index (χ4n) is 3.59. The zero-order valence-corrected chi connectivity index (χ0v) is 19.4. The van der Waals surface area contributed by atoms with Gasteiger partial charge in [-0.2, -0.15) is 0 Å². The van der Waals surface area contributed by atoms with Crippen molar-refractivity contribution in [2.75, 3.05) is 35.8 Å². The summed E-state index contributed by atoms with van der Waals surface area (Å²) in [5.74, 6) is -0.199. The van der Waals surface area contributed by atoms with Crippen LogP contribution < -0.4 is 9.62 Å². The van der Waals surface area contributed by atoms with Gasteiger partial charge in [-0.15, -0.1) is 0 Å². The maximum atomic E-state index is 13.0. The number of anilines is 2. The highest BCUT2D eigenvalue weighted by molar-refractivity contribution is 7.92. The number of sulfonamides is 1. The number of benzene rings is 3. The summed E-state index contributed by atoms with van der Waals surface area (Å²) < 4.78 is 28.1. The maximum absolute atomic E-state index is 13.0. The van der Waals surface area contributed by atoms with Gasteiger partial charge in [0, 0.05) is 47.5 Å². The van der Waals surface area contributed by atoms with Crippen molar-refractivity contribution < 1.29 is 13.2 Å². The van der Waals surface area contributed by atoms with Crippen molar-refractivity contribution in [1.29, 1.82) is 0 Å². The van der Waals surface area contributed by atoms with E-state index in [1.807, 2.05) is 24.3 Å². The molecule has 1 N–H and O–H groups in total. The van der Waals surface area contributed by atoms with Crippen molar-refractivity contribution in [2.45, 2.75) is 4.90 Å². The van der Waals surface area contributed by atoms with Crippen LogP contribution in [0.15, 0.2) is 77.7 Å². The predicted octanol–water partition coefficient (Wildman–Crippen LogP) is 4.76. The van der Waals surface area contributed by atoms with Gasteiger partial charge in [0.05, 0.1) is 10.6 Å². The Balaban J connectivity index is 1.45. The lowest BCUT2D eigenvalue weighted by atomic mass is 10.1. The second-order valence-electron chi connectivity index (χ2n) is 7.40. The smallest absolute Gasteiger partial charge is 0.261 e. The van der Waals surface area contributed by atoms with Gasteiger partial charge in [0.2, 0.25) is 0 Å². The summed E-state index contributed by atoms with van der Waals surface area (Å²) in [6, 6.07) is 20.1. The first kappa shape index (κ1) is 22.5. The second-order valence-corrected chi connectivity index (χ2v) is 9.96. The quantitative estimate of drug-likeness (QED) is 0.560. The Hall–Kier alpha value is -2.74. The molecular formula is C23H21Cl2N3O3S. The van der Waals surface area contributed by atoms with Crippen LogP contribution >= 0.6 is 23.2 Å². The van der Waals surface area contributed by atoms with Crippen molar-refractivity contribution in [3.8, 4) is 0 Å². The standard InChI is InChI=1S/C23H21Cl2N3O3S/c24-18-5-2-7-20(15-18)26-32(30,31)22-9-1-4-17(14-22)23(29)28-12-10-27(11-13-28)21-8-3-6-19(25)16-21/h1-9,14-16,26H,10-13H2. The van der Waals surface area contributed by atoms with E-state index in [4.69, 9.17) is 23.2 Å². The second kappa shape index (κ2) is 9.40. The lowest BCUT2D eigenvalue weighted by Gasteiger charge is -2.36. The van der Waals surface area contributed by atoms with Crippen LogP contribution in [0.2, 0.25) is 10.0 Å². The summed E-state index contributed by atoms with van der Waals surface area (Å²) in [5.41, 5.74) is 1.70. The molecule has 0 bridgehead atoms. The number of hydrogen-bond donors (Lipinski definition) is 1. The highest BCUT2D eigenvalue weighted by Gasteiger charge is 2.24. The number of carbonyl (C=O) groups excluding carboxylic acids is 1. The van der Waals surface area contributed by atoms with Gasteiger partial charge >= 0.3 is 0 Å². The molecule has 0 aliphatic carbocycles. The van der Waals surface area contributed by atoms with Crippen LogP contribution in [-0.4, -0.2) is 45.4 Å². The van der Waals surface area contributed by atoms with Gasteiger partial charge in [-0.3, -0.25) is 9.52 Å². The van der Waals surface area contributed by atoms with E-state index >= 15 is 0 Å². The van der Waals surface area contributed by atoms with Crippen molar-refractivity contribution in [2.24, 2.45) is 0 Å². The van der Waals surface area contributed by atoms with Crippen LogP contribution in [0.4, 0.5) is 11.4 Å². The molecule has 166 valence electrons. The van der Waals surface area contributed by atoms with E-state index in [1.165, 1.54) is 18.2 Å². The fraction of sp³-hybridized carbons (Fsp3) is 0.174.